The molecule has 24 heavy (non-hydrogen) atoms. The average molecular weight is 367 g/mol. The van der Waals surface area contributed by atoms with E-state index in [2.05, 4.69) is 4.98 Å². The van der Waals surface area contributed by atoms with Gasteiger partial charge in [-0.15, -0.1) is 11.3 Å². The number of carbonyl (C=O) groups excluding carboxylic acids is 1. The van der Waals surface area contributed by atoms with Crippen LogP contribution < -0.4 is 4.74 Å². The van der Waals surface area contributed by atoms with Gasteiger partial charge in [0.05, 0.1) is 12.2 Å². The van der Waals surface area contributed by atoms with Gasteiger partial charge in [-0.1, -0.05) is 11.6 Å². The Kier molecular flexibility index (Phi) is 5.71. The van der Waals surface area contributed by atoms with E-state index in [1.807, 2.05) is 22.4 Å². The second-order valence-corrected chi connectivity index (χ2v) is 7.04. The highest BCUT2D eigenvalue weighted by Gasteiger charge is 2.32. The molecule has 7 heteroatoms. The molecule has 0 radical (unpaired) electrons. The molecule has 1 aliphatic rings. The van der Waals surface area contributed by atoms with Crippen molar-refractivity contribution in [1.29, 1.82) is 0 Å². The number of hydrogen-bond donors (Lipinski definition) is 0. The molecule has 0 unspecified atom stereocenters. The van der Waals surface area contributed by atoms with Gasteiger partial charge >= 0.3 is 0 Å². The molecular formula is C17H19ClN2O3S. The Morgan fingerprint density at radius 2 is 2.12 bits per heavy atom. The van der Waals surface area contributed by atoms with E-state index in [9.17, 15) is 4.79 Å². The van der Waals surface area contributed by atoms with Gasteiger partial charge in [0.25, 0.3) is 0 Å². The van der Waals surface area contributed by atoms with Crippen molar-refractivity contribution in [1.82, 2.24) is 9.88 Å². The maximum absolute atomic E-state index is 12.1. The molecule has 0 bridgehead atoms. The number of nitrogens with zero attached hydrogens (tertiary/aromatic N) is 2. The molecule has 0 saturated heterocycles. The fourth-order valence-corrected chi connectivity index (χ4v) is 3.17. The summed E-state index contributed by atoms with van der Waals surface area (Å²) in [6.07, 6.45) is 2.12. The van der Waals surface area contributed by atoms with Crippen LogP contribution in [0.3, 0.4) is 0 Å². The number of benzene rings is 1. The first kappa shape index (κ1) is 17.2. The molecule has 0 N–H and O–H groups in total. The minimum absolute atomic E-state index is 0.0203. The second kappa shape index (κ2) is 7.96. The Labute approximate surface area is 150 Å². The summed E-state index contributed by atoms with van der Waals surface area (Å²) in [4.78, 5) is 18.5. The molecule has 1 fully saturated rings. The number of rotatable bonds is 8. The van der Waals surface area contributed by atoms with Crippen molar-refractivity contribution in [3.05, 3.63) is 45.4 Å². The number of ether oxygens (including phenoxy) is 2. The highest BCUT2D eigenvalue weighted by Crippen LogP contribution is 2.29. The fourth-order valence-electron chi connectivity index (χ4n) is 2.35. The Balaban J connectivity index is 1.56. The number of hydrogen-bond acceptors (Lipinski definition) is 5. The zero-order valence-electron chi connectivity index (χ0n) is 13.4. The first-order valence-corrected chi connectivity index (χ1v) is 9.01. The molecule has 1 amide bonds. The summed E-state index contributed by atoms with van der Waals surface area (Å²) in [5.41, 5.74) is 0.894. The first-order chi connectivity index (χ1) is 11.7. The lowest BCUT2D eigenvalue weighted by atomic mass is 10.3. The van der Waals surface area contributed by atoms with E-state index >= 15 is 0 Å². The summed E-state index contributed by atoms with van der Waals surface area (Å²) in [6, 6.07) is 7.57. The van der Waals surface area contributed by atoms with E-state index in [4.69, 9.17) is 21.1 Å². The van der Waals surface area contributed by atoms with Crippen molar-refractivity contribution >= 4 is 28.8 Å². The SMILES string of the molecule is COCC(=O)N(Cc1csc(COc2ccc(Cl)cc2)n1)C1CC1. The van der Waals surface area contributed by atoms with Crippen LogP contribution in [0.4, 0.5) is 0 Å². The van der Waals surface area contributed by atoms with Crippen LogP contribution in [0.2, 0.25) is 5.02 Å². The largest absolute Gasteiger partial charge is 0.486 e. The van der Waals surface area contributed by atoms with Gasteiger partial charge in [0.1, 0.15) is 24.0 Å². The standard InChI is InChI=1S/C17H19ClN2O3S/c1-22-10-17(21)20(14-4-5-14)8-13-11-24-16(19-13)9-23-15-6-2-12(18)3-7-15/h2-3,6-7,11,14H,4-5,8-10H2,1H3. The van der Waals surface area contributed by atoms with Crippen LogP contribution in [-0.2, 0) is 22.7 Å². The zero-order valence-corrected chi connectivity index (χ0v) is 15.0. The van der Waals surface area contributed by atoms with Crippen LogP contribution in [0.25, 0.3) is 0 Å². The highest BCUT2D eigenvalue weighted by atomic mass is 35.5. The Morgan fingerprint density at radius 1 is 1.38 bits per heavy atom. The molecular weight excluding hydrogens is 348 g/mol. The van der Waals surface area contributed by atoms with Gasteiger partial charge < -0.3 is 14.4 Å². The maximum atomic E-state index is 12.1. The molecule has 1 aromatic heterocycles. The minimum Gasteiger partial charge on any atom is -0.486 e. The van der Waals surface area contributed by atoms with Gasteiger partial charge in [-0.3, -0.25) is 4.79 Å². The van der Waals surface area contributed by atoms with Crippen LogP contribution in [0.1, 0.15) is 23.5 Å². The normalized spacial score (nSPS) is 13.8. The number of amides is 1. The minimum atomic E-state index is 0.0203. The summed E-state index contributed by atoms with van der Waals surface area (Å²) in [5.74, 6) is 0.776. The third-order valence-electron chi connectivity index (χ3n) is 3.68. The predicted molar refractivity (Wildman–Crippen MR) is 93.3 cm³/mol. The highest BCUT2D eigenvalue weighted by molar-refractivity contribution is 7.09. The lowest BCUT2D eigenvalue weighted by Gasteiger charge is -2.20. The van der Waals surface area contributed by atoms with Crippen molar-refractivity contribution in [2.75, 3.05) is 13.7 Å². The van der Waals surface area contributed by atoms with Crippen LogP contribution >= 0.6 is 22.9 Å². The number of thiazole rings is 1. The van der Waals surface area contributed by atoms with E-state index in [-0.39, 0.29) is 12.5 Å². The summed E-state index contributed by atoms with van der Waals surface area (Å²) < 4.78 is 10.7. The molecule has 1 aromatic carbocycles. The summed E-state index contributed by atoms with van der Waals surface area (Å²) >= 11 is 7.39. The topological polar surface area (TPSA) is 51.7 Å². The molecule has 5 nitrogen and oxygen atoms in total. The third-order valence-corrected chi connectivity index (χ3v) is 4.81. The lowest BCUT2D eigenvalue weighted by molar-refractivity contribution is -0.136. The first-order valence-electron chi connectivity index (χ1n) is 7.76. The quantitative estimate of drug-likeness (QED) is 0.717. The van der Waals surface area contributed by atoms with Crippen LogP contribution in [0.15, 0.2) is 29.6 Å². The smallest absolute Gasteiger partial charge is 0.249 e. The number of carbonyl (C=O) groups is 1. The number of aromatic nitrogens is 1. The molecule has 0 aliphatic heterocycles. The van der Waals surface area contributed by atoms with Gasteiger partial charge in [0.2, 0.25) is 5.91 Å². The van der Waals surface area contributed by atoms with Gasteiger partial charge in [-0.25, -0.2) is 4.98 Å². The van der Waals surface area contributed by atoms with Crippen molar-refractivity contribution in [3.8, 4) is 5.75 Å². The zero-order chi connectivity index (χ0) is 16.9. The van der Waals surface area contributed by atoms with Gasteiger partial charge in [0, 0.05) is 23.6 Å². The van der Waals surface area contributed by atoms with Crippen LogP contribution in [0.5, 0.6) is 5.75 Å². The fraction of sp³-hybridized carbons (Fsp3) is 0.412. The molecule has 0 atom stereocenters. The van der Waals surface area contributed by atoms with Crippen molar-refractivity contribution < 1.29 is 14.3 Å². The molecule has 1 aliphatic carbocycles. The summed E-state index contributed by atoms with van der Waals surface area (Å²) in [5, 5.41) is 3.55. The van der Waals surface area contributed by atoms with Gasteiger partial charge in [-0.05, 0) is 37.1 Å². The van der Waals surface area contributed by atoms with Gasteiger partial charge in [0.15, 0.2) is 0 Å². The van der Waals surface area contributed by atoms with E-state index in [0.29, 0.717) is 24.2 Å². The maximum Gasteiger partial charge on any atom is 0.249 e. The molecule has 1 saturated carbocycles. The summed E-state index contributed by atoms with van der Waals surface area (Å²) in [7, 11) is 1.54. The van der Waals surface area contributed by atoms with E-state index in [1.165, 1.54) is 18.4 Å². The Bertz CT molecular complexity index is 685. The molecule has 128 valence electrons. The Hall–Kier alpha value is -1.63. The van der Waals surface area contributed by atoms with E-state index in [1.54, 1.807) is 12.1 Å². The van der Waals surface area contributed by atoms with Crippen molar-refractivity contribution in [3.63, 3.8) is 0 Å². The second-order valence-electron chi connectivity index (χ2n) is 5.66. The van der Waals surface area contributed by atoms with E-state index < -0.39 is 0 Å². The monoisotopic (exact) mass is 366 g/mol. The van der Waals surface area contributed by atoms with Crippen LogP contribution in [0, 0.1) is 0 Å². The number of methoxy groups -OCH3 is 1. The molecule has 0 spiro atoms. The Morgan fingerprint density at radius 3 is 2.79 bits per heavy atom. The van der Waals surface area contributed by atoms with E-state index in [0.717, 1.165) is 29.3 Å². The number of halogens is 1. The molecule has 3 rings (SSSR count). The van der Waals surface area contributed by atoms with Gasteiger partial charge in [-0.2, -0.15) is 0 Å². The lowest BCUT2D eigenvalue weighted by Crippen LogP contribution is -2.35. The molecule has 2 aromatic rings. The van der Waals surface area contributed by atoms with Crippen LogP contribution in [-0.4, -0.2) is 35.5 Å². The van der Waals surface area contributed by atoms with Crippen molar-refractivity contribution in [2.45, 2.75) is 32.0 Å². The average Bonchev–Trinajstić information content (AvgIpc) is 3.32. The molecule has 1 heterocycles. The predicted octanol–water partition coefficient (Wildman–Crippen LogP) is 3.51. The third kappa shape index (κ3) is 4.69. The summed E-state index contributed by atoms with van der Waals surface area (Å²) in [6.45, 7) is 1.05. The van der Waals surface area contributed by atoms with Crippen molar-refractivity contribution in [2.24, 2.45) is 0 Å².